The van der Waals surface area contributed by atoms with Gasteiger partial charge in [0.1, 0.15) is 0 Å². The Bertz CT molecular complexity index is 138. The molecule has 15 heavy (non-hydrogen) atoms. The predicted octanol–water partition coefficient (Wildman–Crippen LogP) is 1.96. The van der Waals surface area contributed by atoms with Crippen molar-refractivity contribution in [1.82, 2.24) is 5.32 Å². The molecule has 0 spiro atoms. The van der Waals surface area contributed by atoms with Crippen molar-refractivity contribution in [3.05, 3.63) is 0 Å². The lowest BCUT2D eigenvalue weighted by atomic mass is 10.2. The molecular formula is C12H25NO2. The van der Waals surface area contributed by atoms with Crippen molar-refractivity contribution in [1.29, 1.82) is 0 Å². The van der Waals surface area contributed by atoms with Crippen molar-refractivity contribution in [3.63, 3.8) is 0 Å². The van der Waals surface area contributed by atoms with Gasteiger partial charge < -0.3 is 14.8 Å². The average molecular weight is 215 g/mol. The molecule has 0 heterocycles. The topological polar surface area (TPSA) is 30.5 Å². The molecule has 0 aromatic heterocycles. The second-order valence-electron chi connectivity index (χ2n) is 4.10. The van der Waals surface area contributed by atoms with Gasteiger partial charge in [-0.1, -0.05) is 0 Å². The molecule has 1 fully saturated rings. The van der Waals surface area contributed by atoms with Crippen LogP contribution in [0.1, 0.15) is 39.0 Å². The Hall–Kier alpha value is -0.120. The summed E-state index contributed by atoms with van der Waals surface area (Å²) in [6, 6.07) is 0.854. The molecule has 1 aliphatic rings. The van der Waals surface area contributed by atoms with E-state index in [9.17, 15) is 0 Å². The molecule has 1 N–H and O–H groups in total. The van der Waals surface area contributed by atoms with Crippen LogP contribution in [0.5, 0.6) is 0 Å². The molecule has 0 amide bonds. The number of rotatable bonds is 11. The monoisotopic (exact) mass is 215 g/mol. The first-order chi connectivity index (χ1) is 7.43. The van der Waals surface area contributed by atoms with Crippen LogP contribution >= 0.6 is 0 Å². The highest BCUT2D eigenvalue weighted by molar-refractivity contribution is 4.80. The van der Waals surface area contributed by atoms with Crippen LogP contribution in [0.3, 0.4) is 0 Å². The molecule has 0 aromatic rings. The minimum atomic E-state index is 0.736. The van der Waals surface area contributed by atoms with Gasteiger partial charge in [-0.05, 0) is 45.6 Å². The fraction of sp³-hybridized carbons (Fsp3) is 1.00. The summed E-state index contributed by atoms with van der Waals surface area (Å²) in [6.45, 7) is 6.34. The Morgan fingerprint density at radius 2 is 1.80 bits per heavy atom. The molecule has 1 rings (SSSR count). The third-order valence-corrected chi connectivity index (χ3v) is 2.55. The van der Waals surface area contributed by atoms with Crippen molar-refractivity contribution in [2.24, 2.45) is 0 Å². The molecule has 0 bridgehead atoms. The third kappa shape index (κ3) is 8.85. The number of nitrogens with one attached hydrogen (secondary N) is 1. The quantitative estimate of drug-likeness (QED) is 0.534. The lowest BCUT2D eigenvalue weighted by Gasteiger charge is -2.05. The van der Waals surface area contributed by atoms with Crippen LogP contribution in [0.25, 0.3) is 0 Å². The Morgan fingerprint density at radius 3 is 2.53 bits per heavy atom. The largest absolute Gasteiger partial charge is 0.379 e. The summed E-state index contributed by atoms with van der Waals surface area (Å²) in [5.41, 5.74) is 0. The highest BCUT2D eigenvalue weighted by Crippen LogP contribution is 2.18. The molecule has 1 aliphatic carbocycles. The number of unbranched alkanes of at least 4 members (excludes halogenated alkanes) is 2. The standard InChI is InChI=1S/C12H25NO2/c1-2-14-10-11-15-9-5-3-4-8-13-12-6-7-12/h12-13H,2-11H2,1H3. The van der Waals surface area contributed by atoms with E-state index in [1.54, 1.807) is 0 Å². The summed E-state index contributed by atoms with van der Waals surface area (Å²) in [5.74, 6) is 0. The summed E-state index contributed by atoms with van der Waals surface area (Å²) in [4.78, 5) is 0. The van der Waals surface area contributed by atoms with Crippen LogP contribution in [0.15, 0.2) is 0 Å². The van der Waals surface area contributed by atoms with Gasteiger partial charge in [-0.25, -0.2) is 0 Å². The van der Waals surface area contributed by atoms with Gasteiger partial charge in [-0.15, -0.1) is 0 Å². The van der Waals surface area contributed by atoms with Gasteiger partial charge in [0.2, 0.25) is 0 Å². The molecule has 0 aromatic carbocycles. The third-order valence-electron chi connectivity index (χ3n) is 2.55. The maximum atomic E-state index is 5.43. The second-order valence-corrected chi connectivity index (χ2v) is 4.10. The summed E-state index contributed by atoms with van der Waals surface area (Å²) < 4.78 is 10.6. The zero-order valence-corrected chi connectivity index (χ0v) is 9.96. The Labute approximate surface area is 93.5 Å². The molecule has 90 valence electrons. The second kappa shape index (κ2) is 9.13. The minimum Gasteiger partial charge on any atom is -0.379 e. The normalized spacial score (nSPS) is 15.8. The maximum absolute atomic E-state index is 5.43. The number of ether oxygens (including phenoxy) is 2. The van der Waals surface area contributed by atoms with Crippen LogP contribution < -0.4 is 5.32 Å². The molecule has 0 radical (unpaired) electrons. The van der Waals surface area contributed by atoms with Crippen LogP contribution in [0.4, 0.5) is 0 Å². The zero-order valence-electron chi connectivity index (χ0n) is 9.96. The van der Waals surface area contributed by atoms with E-state index in [1.165, 1.54) is 38.6 Å². The van der Waals surface area contributed by atoms with E-state index >= 15 is 0 Å². The highest BCUT2D eigenvalue weighted by atomic mass is 16.5. The van der Waals surface area contributed by atoms with E-state index in [-0.39, 0.29) is 0 Å². The fourth-order valence-corrected chi connectivity index (χ4v) is 1.46. The van der Waals surface area contributed by atoms with E-state index in [0.717, 1.165) is 32.5 Å². The lowest BCUT2D eigenvalue weighted by Crippen LogP contribution is -2.17. The molecule has 1 saturated carbocycles. The smallest absolute Gasteiger partial charge is 0.0700 e. The fourth-order valence-electron chi connectivity index (χ4n) is 1.46. The van der Waals surface area contributed by atoms with Gasteiger partial charge in [0.05, 0.1) is 13.2 Å². The van der Waals surface area contributed by atoms with Crippen LogP contribution in [0, 0.1) is 0 Å². The zero-order chi connectivity index (χ0) is 10.8. The first-order valence-corrected chi connectivity index (χ1v) is 6.32. The van der Waals surface area contributed by atoms with Crippen LogP contribution in [0.2, 0.25) is 0 Å². The SMILES string of the molecule is CCOCCOCCCCCNC1CC1. The number of hydrogen-bond donors (Lipinski definition) is 1. The Morgan fingerprint density at radius 1 is 1.00 bits per heavy atom. The summed E-state index contributed by atoms with van der Waals surface area (Å²) in [6.07, 6.45) is 6.51. The van der Waals surface area contributed by atoms with Crippen molar-refractivity contribution >= 4 is 0 Å². The van der Waals surface area contributed by atoms with Crippen molar-refractivity contribution in [3.8, 4) is 0 Å². The molecule has 0 saturated heterocycles. The van der Waals surface area contributed by atoms with Crippen molar-refractivity contribution in [2.75, 3.05) is 33.0 Å². The lowest BCUT2D eigenvalue weighted by molar-refractivity contribution is 0.0513. The summed E-state index contributed by atoms with van der Waals surface area (Å²) in [7, 11) is 0. The van der Waals surface area contributed by atoms with Gasteiger partial charge >= 0.3 is 0 Å². The van der Waals surface area contributed by atoms with E-state index in [0.29, 0.717) is 0 Å². The molecule has 3 nitrogen and oxygen atoms in total. The van der Waals surface area contributed by atoms with E-state index in [1.807, 2.05) is 6.92 Å². The van der Waals surface area contributed by atoms with E-state index in [4.69, 9.17) is 9.47 Å². The average Bonchev–Trinajstić information content (AvgIpc) is 3.05. The van der Waals surface area contributed by atoms with Crippen LogP contribution in [-0.4, -0.2) is 39.0 Å². The molecule has 0 atom stereocenters. The molecule has 0 unspecified atom stereocenters. The van der Waals surface area contributed by atoms with Gasteiger partial charge in [0.25, 0.3) is 0 Å². The van der Waals surface area contributed by atoms with E-state index < -0.39 is 0 Å². The summed E-state index contributed by atoms with van der Waals surface area (Å²) in [5, 5.41) is 3.51. The molecule has 3 heteroatoms. The maximum Gasteiger partial charge on any atom is 0.0700 e. The molecular weight excluding hydrogens is 190 g/mol. The Balaban J connectivity index is 1.62. The van der Waals surface area contributed by atoms with Gasteiger partial charge in [-0.3, -0.25) is 0 Å². The van der Waals surface area contributed by atoms with Gasteiger partial charge in [0, 0.05) is 19.3 Å². The first-order valence-electron chi connectivity index (χ1n) is 6.32. The number of hydrogen-bond acceptors (Lipinski definition) is 3. The molecule has 0 aliphatic heterocycles. The predicted molar refractivity (Wildman–Crippen MR) is 62.2 cm³/mol. The van der Waals surface area contributed by atoms with Crippen molar-refractivity contribution < 1.29 is 9.47 Å². The van der Waals surface area contributed by atoms with E-state index in [2.05, 4.69) is 5.32 Å². The Kier molecular flexibility index (Phi) is 7.88. The van der Waals surface area contributed by atoms with Crippen LogP contribution in [-0.2, 0) is 9.47 Å². The first kappa shape index (κ1) is 12.9. The van der Waals surface area contributed by atoms with Gasteiger partial charge in [0.15, 0.2) is 0 Å². The highest BCUT2D eigenvalue weighted by Gasteiger charge is 2.19. The van der Waals surface area contributed by atoms with Crippen molar-refractivity contribution in [2.45, 2.75) is 45.1 Å². The summed E-state index contributed by atoms with van der Waals surface area (Å²) >= 11 is 0. The van der Waals surface area contributed by atoms with Gasteiger partial charge in [-0.2, -0.15) is 0 Å². The minimum absolute atomic E-state index is 0.736.